The van der Waals surface area contributed by atoms with Crippen LogP contribution in [-0.4, -0.2) is 12.4 Å². The Labute approximate surface area is 107 Å². The van der Waals surface area contributed by atoms with Gasteiger partial charge in [-0.2, -0.15) is 0 Å². The highest BCUT2D eigenvalue weighted by Crippen LogP contribution is 2.29. The molecular formula is C14H17ClO2. The standard InChI is InChI=1S/C14H17ClO2/c1-10-2-6-13(7-3-10)17-14-8-12(15)5-4-11(14)9-16/h4-5,8-10,13H,2-3,6-7H2,1H3. The number of rotatable bonds is 3. The van der Waals surface area contributed by atoms with E-state index in [1.165, 1.54) is 12.8 Å². The highest BCUT2D eigenvalue weighted by Gasteiger charge is 2.20. The molecule has 0 aromatic heterocycles. The topological polar surface area (TPSA) is 26.3 Å². The van der Waals surface area contributed by atoms with Gasteiger partial charge in [-0.05, 0) is 49.8 Å². The van der Waals surface area contributed by atoms with Gasteiger partial charge in [-0.15, -0.1) is 0 Å². The molecule has 1 saturated carbocycles. The zero-order chi connectivity index (χ0) is 12.3. The Morgan fingerprint density at radius 2 is 2.00 bits per heavy atom. The maximum absolute atomic E-state index is 10.9. The Balaban J connectivity index is 2.07. The normalized spacial score (nSPS) is 24.4. The molecule has 1 aromatic carbocycles. The van der Waals surface area contributed by atoms with Gasteiger partial charge in [-0.1, -0.05) is 18.5 Å². The van der Waals surface area contributed by atoms with Crippen molar-refractivity contribution >= 4 is 17.9 Å². The first-order valence-electron chi connectivity index (χ1n) is 6.10. The van der Waals surface area contributed by atoms with Crippen molar-refractivity contribution in [2.45, 2.75) is 38.7 Å². The summed E-state index contributed by atoms with van der Waals surface area (Å²) in [6, 6.07) is 5.14. The smallest absolute Gasteiger partial charge is 0.153 e. The monoisotopic (exact) mass is 252 g/mol. The summed E-state index contributed by atoms with van der Waals surface area (Å²) in [6.45, 7) is 2.27. The van der Waals surface area contributed by atoms with Crippen molar-refractivity contribution < 1.29 is 9.53 Å². The van der Waals surface area contributed by atoms with Crippen LogP contribution in [-0.2, 0) is 0 Å². The first kappa shape index (κ1) is 12.4. The third-order valence-electron chi connectivity index (χ3n) is 3.36. The van der Waals surface area contributed by atoms with Gasteiger partial charge < -0.3 is 4.74 Å². The largest absolute Gasteiger partial charge is 0.490 e. The van der Waals surface area contributed by atoms with E-state index in [1.807, 2.05) is 0 Å². The Morgan fingerprint density at radius 3 is 2.65 bits per heavy atom. The van der Waals surface area contributed by atoms with Crippen LogP contribution in [0.4, 0.5) is 0 Å². The van der Waals surface area contributed by atoms with Crippen molar-refractivity contribution in [3.05, 3.63) is 28.8 Å². The minimum atomic E-state index is 0.225. The summed E-state index contributed by atoms with van der Waals surface area (Å²) in [5.41, 5.74) is 0.577. The fourth-order valence-electron chi connectivity index (χ4n) is 2.23. The summed E-state index contributed by atoms with van der Waals surface area (Å²) in [6.07, 6.45) is 5.56. The SMILES string of the molecule is CC1CCC(Oc2cc(Cl)ccc2C=O)CC1. The summed E-state index contributed by atoms with van der Waals surface area (Å²) >= 11 is 5.92. The van der Waals surface area contributed by atoms with E-state index in [2.05, 4.69) is 6.92 Å². The summed E-state index contributed by atoms with van der Waals surface area (Å²) < 4.78 is 5.89. The van der Waals surface area contributed by atoms with Gasteiger partial charge in [0.05, 0.1) is 11.7 Å². The Morgan fingerprint density at radius 1 is 1.29 bits per heavy atom. The number of benzene rings is 1. The van der Waals surface area contributed by atoms with Crippen LogP contribution in [0.1, 0.15) is 43.0 Å². The number of aldehydes is 1. The molecule has 2 rings (SSSR count). The summed E-state index contributed by atoms with van der Waals surface area (Å²) in [5.74, 6) is 1.41. The molecule has 17 heavy (non-hydrogen) atoms. The Kier molecular flexibility index (Phi) is 4.06. The fourth-order valence-corrected chi connectivity index (χ4v) is 2.40. The lowest BCUT2D eigenvalue weighted by Crippen LogP contribution is -2.23. The summed E-state index contributed by atoms with van der Waals surface area (Å²) in [5, 5.41) is 0.606. The molecule has 0 aliphatic heterocycles. The number of hydrogen-bond donors (Lipinski definition) is 0. The molecule has 1 fully saturated rings. The maximum Gasteiger partial charge on any atom is 0.153 e. The van der Waals surface area contributed by atoms with E-state index in [0.29, 0.717) is 16.3 Å². The van der Waals surface area contributed by atoms with E-state index in [0.717, 1.165) is 25.0 Å². The molecule has 0 atom stereocenters. The molecule has 92 valence electrons. The van der Waals surface area contributed by atoms with Gasteiger partial charge >= 0.3 is 0 Å². The highest BCUT2D eigenvalue weighted by molar-refractivity contribution is 6.30. The zero-order valence-corrected chi connectivity index (χ0v) is 10.7. The average Bonchev–Trinajstić information content (AvgIpc) is 2.32. The van der Waals surface area contributed by atoms with E-state index >= 15 is 0 Å². The maximum atomic E-state index is 10.9. The molecule has 1 aliphatic rings. The summed E-state index contributed by atoms with van der Waals surface area (Å²) in [4.78, 5) is 10.9. The van der Waals surface area contributed by atoms with E-state index < -0.39 is 0 Å². The molecule has 2 nitrogen and oxygen atoms in total. The van der Waals surface area contributed by atoms with Crippen LogP contribution in [0.15, 0.2) is 18.2 Å². The molecule has 0 amide bonds. The molecule has 0 bridgehead atoms. The van der Waals surface area contributed by atoms with Gasteiger partial charge in [-0.3, -0.25) is 4.79 Å². The van der Waals surface area contributed by atoms with Crippen molar-refractivity contribution in [1.29, 1.82) is 0 Å². The Bertz CT molecular complexity index is 395. The summed E-state index contributed by atoms with van der Waals surface area (Å²) in [7, 11) is 0. The van der Waals surface area contributed by atoms with Gasteiger partial charge in [0.1, 0.15) is 5.75 Å². The molecule has 0 unspecified atom stereocenters. The first-order chi connectivity index (χ1) is 8.19. The van der Waals surface area contributed by atoms with Crippen molar-refractivity contribution in [3.63, 3.8) is 0 Å². The lowest BCUT2D eigenvalue weighted by molar-refractivity contribution is 0.110. The number of halogens is 1. The van der Waals surface area contributed by atoms with Crippen LogP contribution in [0.5, 0.6) is 5.75 Å². The van der Waals surface area contributed by atoms with Crippen LogP contribution >= 0.6 is 11.6 Å². The fraction of sp³-hybridized carbons (Fsp3) is 0.500. The molecule has 0 spiro atoms. The minimum absolute atomic E-state index is 0.225. The number of carbonyl (C=O) groups is 1. The number of carbonyl (C=O) groups excluding carboxylic acids is 1. The van der Waals surface area contributed by atoms with Crippen LogP contribution in [0, 0.1) is 5.92 Å². The molecule has 3 heteroatoms. The van der Waals surface area contributed by atoms with Gasteiger partial charge in [0.15, 0.2) is 6.29 Å². The molecule has 0 heterocycles. The van der Waals surface area contributed by atoms with Gasteiger partial charge in [0.2, 0.25) is 0 Å². The molecule has 1 aromatic rings. The molecule has 1 aliphatic carbocycles. The predicted molar refractivity (Wildman–Crippen MR) is 68.9 cm³/mol. The highest BCUT2D eigenvalue weighted by atomic mass is 35.5. The minimum Gasteiger partial charge on any atom is -0.490 e. The molecule has 0 saturated heterocycles. The predicted octanol–water partition coefficient (Wildman–Crippen LogP) is 4.11. The van der Waals surface area contributed by atoms with E-state index in [4.69, 9.17) is 16.3 Å². The lowest BCUT2D eigenvalue weighted by Gasteiger charge is -2.27. The molecule has 0 N–H and O–H groups in total. The van der Waals surface area contributed by atoms with Gasteiger partial charge in [0, 0.05) is 5.02 Å². The van der Waals surface area contributed by atoms with Crippen molar-refractivity contribution in [2.75, 3.05) is 0 Å². The second-order valence-electron chi connectivity index (χ2n) is 4.80. The van der Waals surface area contributed by atoms with Crippen molar-refractivity contribution in [2.24, 2.45) is 5.92 Å². The number of hydrogen-bond acceptors (Lipinski definition) is 2. The third kappa shape index (κ3) is 3.22. The second kappa shape index (κ2) is 5.54. The second-order valence-corrected chi connectivity index (χ2v) is 5.24. The first-order valence-corrected chi connectivity index (χ1v) is 6.48. The van der Waals surface area contributed by atoms with E-state index in [-0.39, 0.29) is 6.10 Å². The van der Waals surface area contributed by atoms with Gasteiger partial charge in [0.25, 0.3) is 0 Å². The lowest BCUT2D eigenvalue weighted by atomic mass is 9.89. The number of ether oxygens (including phenoxy) is 1. The van der Waals surface area contributed by atoms with Crippen molar-refractivity contribution in [1.82, 2.24) is 0 Å². The third-order valence-corrected chi connectivity index (χ3v) is 3.59. The van der Waals surface area contributed by atoms with Crippen LogP contribution in [0.25, 0.3) is 0 Å². The Hall–Kier alpha value is -1.02. The van der Waals surface area contributed by atoms with Gasteiger partial charge in [-0.25, -0.2) is 0 Å². The van der Waals surface area contributed by atoms with Crippen LogP contribution in [0.3, 0.4) is 0 Å². The molecule has 0 radical (unpaired) electrons. The van der Waals surface area contributed by atoms with Crippen LogP contribution in [0.2, 0.25) is 5.02 Å². The molecular weight excluding hydrogens is 236 g/mol. The zero-order valence-electron chi connectivity index (χ0n) is 9.99. The average molecular weight is 253 g/mol. The van der Waals surface area contributed by atoms with Crippen LogP contribution < -0.4 is 4.74 Å². The van der Waals surface area contributed by atoms with Crippen molar-refractivity contribution in [3.8, 4) is 5.75 Å². The van der Waals surface area contributed by atoms with E-state index in [1.54, 1.807) is 18.2 Å². The van der Waals surface area contributed by atoms with E-state index in [9.17, 15) is 4.79 Å². The quantitative estimate of drug-likeness (QED) is 0.757.